The molecule has 0 saturated heterocycles. The molecule has 1 amide bonds. The van der Waals surface area contributed by atoms with Crippen LogP contribution in [-0.4, -0.2) is 44.7 Å². The lowest BCUT2D eigenvalue weighted by Crippen LogP contribution is -2.38. The van der Waals surface area contributed by atoms with Crippen LogP contribution in [0.4, 0.5) is 5.82 Å². The molecule has 0 spiro atoms. The van der Waals surface area contributed by atoms with Crippen LogP contribution in [0.2, 0.25) is 0 Å². The van der Waals surface area contributed by atoms with Crippen molar-refractivity contribution >= 4 is 41.7 Å². The second kappa shape index (κ2) is 11.4. The largest absolute Gasteiger partial charge is 0.357 e. The van der Waals surface area contributed by atoms with Crippen molar-refractivity contribution in [1.82, 2.24) is 30.4 Å². The Balaban J connectivity index is 0.00000338. The molecule has 142 valence electrons. The molecule has 0 aliphatic carbocycles. The zero-order valence-corrected chi connectivity index (χ0v) is 17.5. The van der Waals surface area contributed by atoms with E-state index in [0.29, 0.717) is 31.3 Å². The molecule has 0 fully saturated rings. The molecule has 0 unspecified atom stereocenters. The van der Waals surface area contributed by atoms with Crippen molar-refractivity contribution in [3.05, 3.63) is 36.0 Å². The van der Waals surface area contributed by atoms with E-state index >= 15 is 0 Å². The first-order chi connectivity index (χ1) is 12.1. The van der Waals surface area contributed by atoms with Crippen LogP contribution in [0.3, 0.4) is 0 Å². The Morgan fingerprint density at radius 1 is 1.27 bits per heavy atom. The lowest BCUT2D eigenvalue weighted by atomic mass is 10.3. The first-order valence-electron chi connectivity index (χ1n) is 8.16. The zero-order chi connectivity index (χ0) is 18.1. The summed E-state index contributed by atoms with van der Waals surface area (Å²) in [6, 6.07) is 3.69. The van der Waals surface area contributed by atoms with Gasteiger partial charge in [-0.3, -0.25) is 9.48 Å². The monoisotopic (exact) mass is 472 g/mol. The molecule has 0 radical (unpaired) electrons. The highest BCUT2D eigenvalue weighted by atomic mass is 127. The number of carbonyl (C=O) groups is 1. The molecule has 2 aromatic heterocycles. The van der Waals surface area contributed by atoms with Gasteiger partial charge in [0.05, 0.1) is 0 Å². The zero-order valence-electron chi connectivity index (χ0n) is 15.2. The third-order valence-corrected chi connectivity index (χ3v) is 3.35. The minimum atomic E-state index is -0.104. The van der Waals surface area contributed by atoms with Gasteiger partial charge >= 0.3 is 0 Å². The Labute approximate surface area is 170 Å². The minimum absolute atomic E-state index is 0. The molecule has 0 aliphatic heterocycles. The molecule has 2 rings (SSSR count). The molecule has 2 heterocycles. The number of aromatic nitrogens is 4. The molecule has 10 heteroatoms. The normalized spacial score (nSPS) is 10.8. The first kappa shape index (κ1) is 21.8. The molecule has 26 heavy (non-hydrogen) atoms. The Hall–Kier alpha value is -2.24. The highest BCUT2D eigenvalue weighted by molar-refractivity contribution is 14.0. The quantitative estimate of drug-likeness (QED) is 0.318. The van der Waals surface area contributed by atoms with Gasteiger partial charge in [0.1, 0.15) is 24.5 Å². The van der Waals surface area contributed by atoms with E-state index in [1.165, 1.54) is 6.33 Å². The first-order valence-corrected chi connectivity index (χ1v) is 8.16. The van der Waals surface area contributed by atoms with Gasteiger partial charge in [-0.1, -0.05) is 6.07 Å². The molecule has 0 atom stereocenters. The van der Waals surface area contributed by atoms with Crippen molar-refractivity contribution < 1.29 is 4.79 Å². The van der Waals surface area contributed by atoms with Gasteiger partial charge in [0, 0.05) is 32.8 Å². The summed E-state index contributed by atoms with van der Waals surface area (Å²) in [7, 11) is 1.82. The number of aliphatic imine (C=N–C) groups is 1. The molecular weight excluding hydrogens is 447 g/mol. The molecule has 2 aromatic rings. The van der Waals surface area contributed by atoms with E-state index in [0.717, 1.165) is 17.9 Å². The minimum Gasteiger partial charge on any atom is -0.357 e. The SMILES string of the molecule is CCNC(=NCc1ncnn1C)NCCC(=O)Nc1ccc(C)cn1.I. The summed E-state index contributed by atoms with van der Waals surface area (Å²) in [5.41, 5.74) is 1.05. The van der Waals surface area contributed by atoms with E-state index in [1.807, 2.05) is 27.0 Å². The molecular formula is C16H25IN8O. The van der Waals surface area contributed by atoms with Gasteiger partial charge in [-0.15, -0.1) is 24.0 Å². The van der Waals surface area contributed by atoms with Crippen molar-refractivity contribution in [2.45, 2.75) is 26.8 Å². The van der Waals surface area contributed by atoms with Gasteiger partial charge < -0.3 is 16.0 Å². The fourth-order valence-electron chi connectivity index (χ4n) is 2.00. The number of hydrogen-bond donors (Lipinski definition) is 3. The van der Waals surface area contributed by atoms with E-state index in [1.54, 1.807) is 16.9 Å². The van der Waals surface area contributed by atoms with E-state index < -0.39 is 0 Å². The van der Waals surface area contributed by atoms with Crippen LogP contribution in [0, 0.1) is 6.92 Å². The summed E-state index contributed by atoms with van der Waals surface area (Å²) in [5.74, 6) is 1.85. The van der Waals surface area contributed by atoms with Crippen LogP contribution in [0.5, 0.6) is 0 Å². The lowest BCUT2D eigenvalue weighted by Gasteiger charge is -2.11. The maximum Gasteiger partial charge on any atom is 0.227 e. The predicted octanol–water partition coefficient (Wildman–Crippen LogP) is 1.22. The number of amides is 1. The average Bonchev–Trinajstić information content (AvgIpc) is 3.00. The second-order valence-corrected chi connectivity index (χ2v) is 5.44. The number of halogens is 1. The summed E-state index contributed by atoms with van der Waals surface area (Å²) in [6.45, 7) is 5.53. The molecule has 0 aromatic carbocycles. The van der Waals surface area contributed by atoms with Gasteiger partial charge in [0.25, 0.3) is 0 Å². The average molecular weight is 472 g/mol. The topological polar surface area (TPSA) is 109 Å². The van der Waals surface area contributed by atoms with E-state index in [-0.39, 0.29) is 29.9 Å². The standard InChI is InChI=1S/C16H24N8O.HI/c1-4-17-16(20-10-14-21-11-22-24(14)3)18-8-7-15(25)23-13-6-5-12(2)9-19-13;/h5-6,9,11H,4,7-8,10H2,1-3H3,(H2,17,18,20)(H,19,23,25);1H. The van der Waals surface area contributed by atoms with Gasteiger partial charge in [0.2, 0.25) is 5.91 Å². The van der Waals surface area contributed by atoms with Gasteiger partial charge in [-0.05, 0) is 25.5 Å². The number of nitrogens with zero attached hydrogens (tertiary/aromatic N) is 5. The number of hydrogen-bond acceptors (Lipinski definition) is 5. The number of aryl methyl sites for hydroxylation is 2. The number of carbonyl (C=O) groups excluding carboxylic acids is 1. The maximum atomic E-state index is 12.0. The van der Waals surface area contributed by atoms with E-state index in [4.69, 9.17) is 0 Å². The van der Waals surface area contributed by atoms with Crippen molar-refractivity contribution in [2.24, 2.45) is 12.0 Å². The summed E-state index contributed by atoms with van der Waals surface area (Å²) in [6.07, 6.45) is 3.52. The summed E-state index contributed by atoms with van der Waals surface area (Å²) >= 11 is 0. The smallest absolute Gasteiger partial charge is 0.227 e. The number of guanidine groups is 1. The third kappa shape index (κ3) is 7.33. The molecule has 0 bridgehead atoms. The highest BCUT2D eigenvalue weighted by Crippen LogP contribution is 2.03. The number of anilines is 1. The lowest BCUT2D eigenvalue weighted by molar-refractivity contribution is -0.116. The Kier molecular flexibility index (Phi) is 9.55. The van der Waals surface area contributed by atoms with Crippen molar-refractivity contribution in [1.29, 1.82) is 0 Å². The second-order valence-electron chi connectivity index (χ2n) is 5.44. The third-order valence-electron chi connectivity index (χ3n) is 3.35. The van der Waals surface area contributed by atoms with Gasteiger partial charge in [0.15, 0.2) is 5.96 Å². The Morgan fingerprint density at radius 3 is 2.69 bits per heavy atom. The predicted molar refractivity (Wildman–Crippen MR) is 111 cm³/mol. The molecule has 0 aliphatic rings. The van der Waals surface area contributed by atoms with E-state index in [9.17, 15) is 4.79 Å². The van der Waals surface area contributed by atoms with Gasteiger partial charge in [-0.2, -0.15) is 5.10 Å². The Bertz CT molecular complexity index is 713. The fourth-order valence-corrected chi connectivity index (χ4v) is 2.00. The Morgan fingerprint density at radius 2 is 2.08 bits per heavy atom. The van der Waals surface area contributed by atoms with Crippen molar-refractivity contribution in [2.75, 3.05) is 18.4 Å². The van der Waals surface area contributed by atoms with Crippen LogP contribution >= 0.6 is 24.0 Å². The molecule has 9 nitrogen and oxygen atoms in total. The van der Waals surface area contributed by atoms with Crippen molar-refractivity contribution in [3.8, 4) is 0 Å². The summed E-state index contributed by atoms with van der Waals surface area (Å²) in [5, 5.41) is 13.0. The number of pyridine rings is 1. The van der Waals surface area contributed by atoms with Crippen LogP contribution in [-0.2, 0) is 18.4 Å². The van der Waals surface area contributed by atoms with Crippen LogP contribution in [0.25, 0.3) is 0 Å². The molecule has 3 N–H and O–H groups in total. The summed E-state index contributed by atoms with van der Waals surface area (Å²) in [4.78, 5) is 24.7. The highest BCUT2D eigenvalue weighted by Gasteiger charge is 2.05. The molecule has 0 saturated carbocycles. The van der Waals surface area contributed by atoms with E-state index in [2.05, 4.69) is 36.0 Å². The van der Waals surface area contributed by atoms with Crippen LogP contribution in [0.15, 0.2) is 29.6 Å². The fraction of sp³-hybridized carbons (Fsp3) is 0.438. The van der Waals surface area contributed by atoms with Crippen LogP contribution in [0.1, 0.15) is 24.7 Å². The van der Waals surface area contributed by atoms with Gasteiger partial charge in [-0.25, -0.2) is 15.0 Å². The van der Waals surface area contributed by atoms with Crippen molar-refractivity contribution in [3.63, 3.8) is 0 Å². The van der Waals surface area contributed by atoms with Crippen LogP contribution < -0.4 is 16.0 Å². The number of rotatable bonds is 7. The number of nitrogens with one attached hydrogen (secondary N) is 3. The summed E-state index contributed by atoms with van der Waals surface area (Å²) < 4.78 is 1.68. The maximum absolute atomic E-state index is 12.0.